The third kappa shape index (κ3) is 2.96. The number of carbonyl (C=O) groups is 1. The van der Waals surface area contributed by atoms with E-state index in [0.717, 1.165) is 11.1 Å². The highest BCUT2D eigenvalue weighted by Gasteiger charge is 2.27. The Hall–Kier alpha value is -1.22. The van der Waals surface area contributed by atoms with E-state index in [1.54, 1.807) is 6.07 Å². The SMILES string of the molecule is COc1c(C(Cl)C(=O)O)cc(C)cc1C(C)(C)C. The van der Waals surface area contributed by atoms with Gasteiger partial charge in [-0.3, -0.25) is 4.79 Å². The van der Waals surface area contributed by atoms with Crippen molar-refractivity contribution in [2.45, 2.75) is 38.5 Å². The molecule has 1 aromatic carbocycles. The van der Waals surface area contributed by atoms with E-state index in [1.807, 2.05) is 13.0 Å². The van der Waals surface area contributed by atoms with Gasteiger partial charge in [-0.15, -0.1) is 11.6 Å². The van der Waals surface area contributed by atoms with Crippen LogP contribution >= 0.6 is 11.6 Å². The highest BCUT2D eigenvalue weighted by Crippen LogP contribution is 2.39. The summed E-state index contributed by atoms with van der Waals surface area (Å²) < 4.78 is 5.38. The highest BCUT2D eigenvalue weighted by molar-refractivity contribution is 6.29. The van der Waals surface area contributed by atoms with Crippen LogP contribution in [0.25, 0.3) is 0 Å². The molecule has 18 heavy (non-hydrogen) atoms. The average molecular weight is 271 g/mol. The summed E-state index contributed by atoms with van der Waals surface area (Å²) >= 11 is 5.94. The second-order valence-electron chi connectivity index (χ2n) is 5.39. The van der Waals surface area contributed by atoms with E-state index in [-0.39, 0.29) is 5.41 Å². The van der Waals surface area contributed by atoms with E-state index in [2.05, 4.69) is 20.8 Å². The van der Waals surface area contributed by atoms with Gasteiger partial charge in [0.05, 0.1) is 7.11 Å². The van der Waals surface area contributed by atoms with Gasteiger partial charge in [0.15, 0.2) is 5.38 Å². The molecular weight excluding hydrogens is 252 g/mol. The van der Waals surface area contributed by atoms with Gasteiger partial charge in [0.25, 0.3) is 0 Å². The van der Waals surface area contributed by atoms with Crippen LogP contribution in [0.15, 0.2) is 12.1 Å². The summed E-state index contributed by atoms with van der Waals surface area (Å²) in [6.07, 6.45) is 0. The van der Waals surface area contributed by atoms with Crippen molar-refractivity contribution >= 4 is 17.6 Å². The molecule has 100 valence electrons. The van der Waals surface area contributed by atoms with Gasteiger partial charge < -0.3 is 9.84 Å². The first-order valence-corrected chi connectivity index (χ1v) is 6.18. The Bertz CT molecular complexity index is 461. The largest absolute Gasteiger partial charge is 0.496 e. The molecule has 0 saturated heterocycles. The number of rotatable bonds is 3. The summed E-state index contributed by atoms with van der Waals surface area (Å²) in [5.41, 5.74) is 2.31. The number of carboxylic acid groups (broad SMARTS) is 1. The molecule has 1 unspecified atom stereocenters. The van der Waals surface area contributed by atoms with Gasteiger partial charge in [-0.2, -0.15) is 0 Å². The molecular formula is C14H19ClO3. The van der Waals surface area contributed by atoms with E-state index in [0.29, 0.717) is 11.3 Å². The molecule has 0 aliphatic carbocycles. The van der Waals surface area contributed by atoms with Gasteiger partial charge >= 0.3 is 5.97 Å². The minimum Gasteiger partial charge on any atom is -0.496 e. The van der Waals surface area contributed by atoms with Crippen molar-refractivity contribution in [3.63, 3.8) is 0 Å². The van der Waals surface area contributed by atoms with E-state index in [4.69, 9.17) is 21.4 Å². The van der Waals surface area contributed by atoms with E-state index < -0.39 is 11.3 Å². The number of alkyl halides is 1. The number of benzene rings is 1. The predicted molar refractivity (Wildman–Crippen MR) is 72.7 cm³/mol. The Kier molecular flexibility index (Phi) is 4.28. The lowest BCUT2D eigenvalue weighted by Crippen LogP contribution is -2.16. The Labute approximate surface area is 113 Å². The van der Waals surface area contributed by atoms with Crippen molar-refractivity contribution in [1.29, 1.82) is 0 Å². The summed E-state index contributed by atoms with van der Waals surface area (Å²) in [6.45, 7) is 8.08. The first kappa shape index (κ1) is 14.8. The first-order chi connectivity index (χ1) is 8.18. The van der Waals surface area contributed by atoms with E-state index >= 15 is 0 Å². The fraction of sp³-hybridized carbons (Fsp3) is 0.500. The number of aliphatic carboxylic acids is 1. The maximum atomic E-state index is 11.1. The quantitative estimate of drug-likeness (QED) is 0.853. The van der Waals surface area contributed by atoms with Crippen molar-refractivity contribution in [2.24, 2.45) is 0 Å². The van der Waals surface area contributed by atoms with Gasteiger partial charge in [0.1, 0.15) is 5.75 Å². The number of ether oxygens (including phenoxy) is 1. The van der Waals surface area contributed by atoms with Gasteiger partial charge in [0, 0.05) is 11.1 Å². The summed E-state index contributed by atoms with van der Waals surface area (Å²) in [5, 5.41) is 7.96. The van der Waals surface area contributed by atoms with Crippen LogP contribution in [-0.4, -0.2) is 18.2 Å². The molecule has 0 aliphatic rings. The lowest BCUT2D eigenvalue weighted by molar-refractivity contribution is -0.136. The molecule has 0 aliphatic heterocycles. The topological polar surface area (TPSA) is 46.5 Å². The summed E-state index contributed by atoms with van der Waals surface area (Å²) in [7, 11) is 1.54. The lowest BCUT2D eigenvalue weighted by Gasteiger charge is -2.25. The minimum absolute atomic E-state index is 0.138. The highest BCUT2D eigenvalue weighted by atomic mass is 35.5. The second-order valence-corrected chi connectivity index (χ2v) is 5.82. The number of aryl methyl sites for hydroxylation is 1. The number of carboxylic acids is 1. The van der Waals surface area contributed by atoms with Crippen LogP contribution in [0.4, 0.5) is 0 Å². The summed E-state index contributed by atoms with van der Waals surface area (Å²) in [4.78, 5) is 11.1. The maximum Gasteiger partial charge on any atom is 0.326 e. The molecule has 0 aromatic heterocycles. The number of halogens is 1. The fourth-order valence-electron chi connectivity index (χ4n) is 1.91. The van der Waals surface area contributed by atoms with Crippen LogP contribution in [0.5, 0.6) is 5.75 Å². The first-order valence-electron chi connectivity index (χ1n) is 5.74. The lowest BCUT2D eigenvalue weighted by atomic mass is 9.83. The molecule has 0 bridgehead atoms. The molecule has 4 heteroatoms. The van der Waals surface area contributed by atoms with Gasteiger partial charge in [-0.05, 0) is 12.3 Å². The molecule has 0 spiro atoms. The number of hydrogen-bond acceptors (Lipinski definition) is 2. The molecule has 1 N–H and O–H groups in total. The van der Waals surface area contributed by atoms with Crippen LogP contribution in [0, 0.1) is 6.92 Å². The fourth-order valence-corrected chi connectivity index (χ4v) is 2.07. The van der Waals surface area contributed by atoms with Crippen molar-refractivity contribution in [2.75, 3.05) is 7.11 Å². The van der Waals surface area contributed by atoms with Crippen molar-refractivity contribution in [1.82, 2.24) is 0 Å². The molecule has 0 amide bonds. The van der Waals surface area contributed by atoms with Gasteiger partial charge in [0.2, 0.25) is 0 Å². The Morgan fingerprint density at radius 1 is 1.39 bits per heavy atom. The number of hydrogen-bond donors (Lipinski definition) is 1. The van der Waals surface area contributed by atoms with Crippen LogP contribution in [0.2, 0.25) is 0 Å². The maximum absolute atomic E-state index is 11.1. The molecule has 0 saturated carbocycles. The van der Waals surface area contributed by atoms with E-state index in [1.165, 1.54) is 7.11 Å². The average Bonchev–Trinajstić information content (AvgIpc) is 2.25. The van der Waals surface area contributed by atoms with Crippen molar-refractivity contribution < 1.29 is 14.6 Å². The Morgan fingerprint density at radius 3 is 2.33 bits per heavy atom. The predicted octanol–water partition coefficient (Wildman–Crippen LogP) is 3.67. The monoisotopic (exact) mass is 270 g/mol. The summed E-state index contributed by atoms with van der Waals surface area (Å²) in [6, 6.07) is 3.77. The van der Waals surface area contributed by atoms with Crippen LogP contribution in [0.3, 0.4) is 0 Å². The molecule has 0 heterocycles. The normalized spacial score (nSPS) is 13.2. The Morgan fingerprint density at radius 2 is 1.94 bits per heavy atom. The van der Waals surface area contributed by atoms with Crippen molar-refractivity contribution in [3.05, 3.63) is 28.8 Å². The molecule has 0 radical (unpaired) electrons. The third-order valence-electron chi connectivity index (χ3n) is 2.76. The van der Waals surface area contributed by atoms with E-state index in [9.17, 15) is 4.79 Å². The van der Waals surface area contributed by atoms with Crippen molar-refractivity contribution in [3.8, 4) is 5.75 Å². The molecule has 0 fully saturated rings. The zero-order valence-electron chi connectivity index (χ0n) is 11.4. The number of methoxy groups -OCH3 is 1. The smallest absolute Gasteiger partial charge is 0.326 e. The third-order valence-corrected chi connectivity index (χ3v) is 3.19. The van der Waals surface area contributed by atoms with Crippen LogP contribution < -0.4 is 4.74 Å². The minimum atomic E-state index is -1.10. The zero-order chi connectivity index (χ0) is 14.1. The molecule has 1 rings (SSSR count). The van der Waals surface area contributed by atoms with Gasteiger partial charge in [-0.25, -0.2) is 0 Å². The summed E-state index contributed by atoms with van der Waals surface area (Å²) in [5.74, 6) is -0.504. The van der Waals surface area contributed by atoms with Gasteiger partial charge in [-0.1, -0.05) is 38.5 Å². The zero-order valence-corrected chi connectivity index (χ0v) is 12.1. The molecule has 1 atom stereocenters. The van der Waals surface area contributed by atoms with Crippen LogP contribution in [0.1, 0.15) is 42.8 Å². The molecule has 3 nitrogen and oxygen atoms in total. The standard InChI is InChI=1S/C14H19ClO3/c1-8-6-9(11(15)13(16)17)12(18-5)10(7-8)14(2,3)4/h6-7,11H,1-5H3,(H,16,17). The van der Waals surface area contributed by atoms with Crippen LogP contribution in [-0.2, 0) is 10.2 Å². The molecule has 1 aromatic rings. The second kappa shape index (κ2) is 5.19. The Balaban J connectivity index is 3.52.